The Morgan fingerprint density at radius 1 is 1.08 bits per heavy atom. The van der Waals surface area contributed by atoms with Crippen molar-refractivity contribution in [3.05, 3.63) is 65.2 Å². The summed E-state index contributed by atoms with van der Waals surface area (Å²) < 4.78 is 11.3. The fraction of sp³-hybridized carbons (Fsp3) is 0.381. The van der Waals surface area contributed by atoms with E-state index in [1.165, 1.54) is 0 Å². The van der Waals surface area contributed by atoms with Crippen LogP contribution in [0.15, 0.2) is 48.5 Å². The van der Waals surface area contributed by atoms with Crippen LogP contribution in [0, 0.1) is 0 Å². The van der Waals surface area contributed by atoms with Crippen LogP contribution < -0.4 is 10.1 Å². The fourth-order valence-electron chi connectivity index (χ4n) is 2.44. The number of nitrogens with one attached hydrogen (secondary N) is 1. The first kappa shape index (κ1) is 19.0. The first-order chi connectivity index (χ1) is 12.2. The third kappa shape index (κ3) is 6.24. The van der Waals surface area contributed by atoms with Gasteiger partial charge in [0.15, 0.2) is 0 Å². The molecule has 2 aromatic carbocycles. The number of hydrogen-bond donors (Lipinski definition) is 1. The highest BCUT2D eigenvalue weighted by Gasteiger charge is 2.11. The van der Waals surface area contributed by atoms with Gasteiger partial charge in [0.05, 0.1) is 13.2 Å². The second-order valence-corrected chi connectivity index (χ2v) is 5.83. The van der Waals surface area contributed by atoms with E-state index in [9.17, 15) is 4.79 Å². The van der Waals surface area contributed by atoms with Crippen LogP contribution in [0.2, 0.25) is 0 Å². The zero-order valence-electron chi connectivity index (χ0n) is 15.1. The second-order valence-electron chi connectivity index (χ2n) is 5.83. The number of unbranched alkanes of at least 4 members (excludes halogenated alkanes) is 1. The molecule has 0 unspecified atom stereocenters. The van der Waals surface area contributed by atoms with Gasteiger partial charge in [-0.15, -0.1) is 0 Å². The van der Waals surface area contributed by atoms with Crippen molar-refractivity contribution in [1.82, 2.24) is 5.32 Å². The van der Waals surface area contributed by atoms with Crippen LogP contribution in [0.4, 0.5) is 0 Å². The topological polar surface area (TPSA) is 47.6 Å². The molecule has 4 heteroatoms. The van der Waals surface area contributed by atoms with Crippen molar-refractivity contribution < 1.29 is 14.3 Å². The zero-order chi connectivity index (χ0) is 17.9. The highest BCUT2D eigenvalue weighted by molar-refractivity contribution is 5.94. The molecule has 0 radical (unpaired) electrons. The van der Waals surface area contributed by atoms with Gasteiger partial charge in [-0.2, -0.15) is 0 Å². The SMILES string of the molecule is CCCCOCc1cc(C(=O)NCc2ccccc2)ccc1OCC. The monoisotopic (exact) mass is 341 g/mol. The zero-order valence-corrected chi connectivity index (χ0v) is 15.1. The van der Waals surface area contributed by atoms with Crippen molar-refractivity contribution in [1.29, 1.82) is 0 Å². The Hall–Kier alpha value is -2.33. The van der Waals surface area contributed by atoms with E-state index in [2.05, 4.69) is 12.2 Å². The average molecular weight is 341 g/mol. The van der Waals surface area contributed by atoms with Crippen LogP contribution in [0.1, 0.15) is 48.2 Å². The van der Waals surface area contributed by atoms with E-state index in [1.807, 2.05) is 49.4 Å². The molecule has 4 nitrogen and oxygen atoms in total. The van der Waals surface area contributed by atoms with Gasteiger partial charge in [0, 0.05) is 24.3 Å². The fourth-order valence-corrected chi connectivity index (χ4v) is 2.44. The number of benzene rings is 2. The quantitative estimate of drug-likeness (QED) is 0.654. The number of hydrogen-bond acceptors (Lipinski definition) is 3. The minimum Gasteiger partial charge on any atom is -0.494 e. The highest BCUT2D eigenvalue weighted by atomic mass is 16.5. The molecule has 0 aromatic heterocycles. The number of rotatable bonds is 10. The van der Waals surface area contributed by atoms with E-state index in [0.29, 0.717) is 31.9 Å². The van der Waals surface area contributed by atoms with Crippen molar-refractivity contribution >= 4 is 5.91 Å². The molecule has 0 aliphatic heterocycles. The molecule has 25 heavy (non-hydrogen) atoms. The van der Waals surface area contributed by atoms with Crippen molar-refractivity contribution in [3.8, 4) is 5.75 Å². The first-order valence-electron chi connectivity index (χ1n) is 8.90. The lowest BCUT2D eigenvalue weighted by Gasteiger charge is -2.13. The summed E-state index contributed by atoms with van der Waals surface area (Å²) in [5.41, 5.74) is 2.60. The molecule has 0 saturated carbocycles. The minimum atomic E-state index is -0.0956. The van der Waals surface area contributed by atoms with E-state index in [1.54, 1.807) is 6.07 Å². The largest absolute Gasteiger partial charge is 0.494 e. The van der Waals surface area contributed by atoms with Crippen LogP contribution in [0.25, 0.3) is 0 Å². The predicted molar refractivity (Wildman–Crippen MR) is 99.8 cm³/mol. The highest BCUT2D eigenvalue weighted by Crippen LogP contribution is 2.21. The molecule has 134 valence electrons. The van der Waals surface area contributed by atoms with Crippen molar-refractivity contribution in [2.75, 3.05) is 13.2 Å². The summed E-state index contributed by atoms with van der Waals surface area (Å²) in [5.74, 6) is 0.681. The van der Waals surface area contributed by atoms with Crippen molar-refractivity contribution in [2.24, 2.45) is 0 Å². The maximum absolute atomic E-state index is 12.4. The van der Waals surface area contributed by atoms with Gasteiger partial charge in [0.25, 0.3) is 5.91 Å². The smallest absolute Gasteiger partial charge is 0.251 e. The van der Waals surface area contributed by atoms with Crippen molar-refractivity contribution in [3.63, 3.8) is 0 Å². The molecular formula is C21H27NO3. The standard InChI is InChI=1S/C21H27NO3/c1-3-5-13-24-16-19-14-18(11-12-20(19)25-4-2)21(23)22-15-17-9-7-6-8-10-17/h6-12,14H,3-5,13,15-16H2,1-2H3,(H,22,23). The summed E-state index contributed by atoms with van der Waals surface area (Å²) in [6.07, 6.45) is 2.13. The van der Waals surface area contributed by atoms with Crippen LogP contribution in [-0.2, 0) is 17.9 Å². The molecule has 0 spiro atoms. The molecule has 0 aliphatic rings. The Kier molecular flexibility index (Phi) is 7.99. The molecule has 0 bridgehead atoms. The molecule has 0 saturated heterocycles. The normalized spacial score (nSPS) is 10.5. The summed E-state index contributed by atoms with van der Waals surface area (Å²) in [5, 5.41) is 2.95. The van der Waals surface area contributed by atoms with Gasteiger partial charge in [-0.05, 0) is 37.1 Å². The average Bonchev–Trinajstić information content (AvgIpc) is 2.65. The maximum Gasteiger partial charge on any atom is 0.251 e. The summed E-state index contributed by atoms with van der Waals surface area (Å²) in [7, 11) is 0. The molecule has 0 fully saturated rings. The van der Waals surface area contributed by atoms with Gasteiger partial charge in [-0.3, -0.25) is 4.79 Å². The molecule has 0 aliphatic carbocycles. The van der Waals surface area contributed by atoms with Crippen LogP contribution in [-0.4, -0.2) is 19.1 Å². The number of carbonyl (C=O) groups is 1. The molecule has 0 heterocycles. The van der Waals surface area contributed by atoms with E-state index in [-0.39, 0.29) is 5.91 Å². The van der Waals surface area contributed by atoms with Gasteiger partial charge < -0.3 is 14.8 Å². The Morgan fingerprint density at radius 2 is 1.88 bits per heavy atom. The Labute approximate surface area is 150 Å². The maximum atomic E-state index is 12.4. The van der Waals surface area contributed by atoms with E-state index < -0.39 is 0 Å². The molecule has 1 amide bonds. The molecule has 2 rings (SSSR count). The number of ether oxygens (including phenoxy) is 2. The first-order valence-corrected chi connectivity index (χ1v) is 8.90. The summed E-state index contributed by atoms with van der Waals surface area (Å²) >= 11 is 0. The molecule has 1 N–H and O–H groups in total. The second kappa shape index (κ2) is 10.5. The Bertz CT molecular complexity index is 655. The van der Waals surface area contributed by atoms with Gasteiger partial charge in [0.1, 0.15) is 5.75 Å². The van der Waals surface area contributed by atoms with Gasteiger partial charge in [-0.1, -0.05) is 43.7 Å². The van der Waals surface area contributed by atoms with Gasteiger partial charge in [0.2, 0.25) is 0 Å². The molecule has 0 atom stereocenters. The van der Waals surface area contributed by atoms with Crippen LogP contribution >= 0.6 is 0 Å². The van der Waals surface area contributed by atoms with E-state index >= 15 is 0 Å². The van der Waals surface area contributed by atoms with Crippen LogP contribution in [0.5, 0.6) is 5.75 Å². The molecule has 2 aromatic rings. The lowest BCUT2D eigenvalue weighted by molar-refractivity contribution is 0.0949. The van der Waals surface area contributed by atoms with E-state index in [4.69, 9.17) is 9.47 Å². The van der Waals surface area contributed by atoms with Crippen molar-refractivity contribution in [2.45, 2.75) is 39.8 Å². The number of amides is 1. The van der Waals surface area contributed by atoms with Gasteiger partial charge >= 0.3 is 0 Å². The van der Waals surface area contributed by atoms with Crippen LogP contribution in [0.3, 0.4) is 0 Å². The lowest BCUT2D eigenvalue weighted by Crippen LogP contribution is -2.23. The Morgan fingerprint density at radius 3 is 2.60 bits per heavy atom. The Balaban J connectivity index is 2.02. The molecular weight excluding hydrogens is 314 g/mol. The summed E-state index contributed by atoms with van der Waals surface area (Å²) in [6, 6.07) is 15.4. The third-order valence-corrected chi connectivity index (χ3v) is 3.82. The summed E-state index contributed by atoms with van der Waals surface area (Å²) in [4.78, 5) is 12.4. The van der Waals surface area contributed by atoms with E-state index in [0.717, 1.165) is 29.7 Å². The van der Waals surface area contributed by atoms with Gasteiger partial charge in [-0.25, -0.2) is 0 Å². The third-order valence-electron chi connectivity index (χ3n) is 3.82. The number of carbonyl (C=O) groups excluding carboxylic acids is 1. The lowest BCUT2D eigenvalue weighted by atomic mass is 10.1. The summed E-state index contributed by atoms with van der Waals surface area (Å²) in [6.45, 7) is 6.34. The minimum absolute atomic E-state index is 0.0956. The predicted octanol–water partition coefficient (Wildman–Crippen LogP) is 4.33.